The topological polar surface area (TPSA) is 3.24 Å². The van der Waals surface area contributed by atoms with Gasteiger partial charge in [0.05, 0.1) is 8.07 Å². The first-order valence-electron chi connectivity index (χ1n) is 9.85. The lowest BCUT2D eigenvalue weighted by atomic mass is 9.95. The summed E-state index contributed by atoms with van der Waals surface area (Å²) < 4.78 is 3.10. The van der Waals surface area contributed by atoms with Gasteiger partial charge in [0.1, 0.15) is 8.24 Å². The van der Waals surface area contributed by atoms with Gasteiger partial charge in [-0.15, -0.1) is 12.3 Å². The third-order valence-electron chi connectivity index (χ3n) is 6.37. The minimum Gasteiger partial charge on any atom is -0.321 e. The van der Waals surface area contributed by atoms with E-state index in [1.54, 1.807) is 0 Å². The molecule has 0 spiro atoms. The van der Waals surface area contributed by atoms with Gasteiger partial charge < -0.3 is 4.57 Å². The fourth-order valence-corrected chi connectivity index (χ4v) is 10.0. The van der Waals surface area contributed by atoms with Crippen molar-refractivity contribution in [2.75, 3.05) is 6.54 Å². The molecule has 0 N–H and O–H groups in total. The fraction of sp³-hybridized carbons (Fsp3) is 0.895. The van der Waals surface area contributed by atoms with E-state index in [-0.39, 0.29) is 0 Å². The maximum atomic E-state index is 4.07. The Kier molecular flexibility index (Phi) is 8.65. The maximum absolute atomic E-state index is 4.07. The Morgan fingerprint density at radius 1 is 1.00 bits per heavy atom. The van der Waals surface area contributed by atoms with Crippen molar-refractivity contribution in [1.29, 1.82) is 0 Å². The maximum Gasteiger partial charge on any atom is 0.127 e. The zero-order valence-corrected chi connectivity index (χ0v) is 18.1. The van der Waals surface area contributed by atoms with E-state index >= 15 is 0 Å². The van der Waals surface area contributed by atoms with Crippen LogP contribution in [0.5, 0.6) is 0 Å². The SMILES string of the molecule is C=C[Si](C)(C)CCCN(C1CCCCC1)[Si](CC)(CC)CC. The van der Waals surface area contributed by atoms with Gasteiger partial charge in [-0.25, -0.2) is 0 Å². The minimum absolute atomic E-state index is 0.911. The smallest absolute Gasteiger partial charge is 0.127 e. The Morgan fingerprint density at radius 2 is 1.55 bits per heavy atom. The van der Waals surface area contributed by atoms with Gasteiger partial charge in [0.25, 0.3) is 0 Å². The van der Waals surface area contributed by atoms with E-state index in [9.17, 15) is 0 Å². The van der Waals surface area contributed by atoms with Crippen molar-refractivity contribution < 1.29 is 0 Å². The summed E-state index contributed by atoms with van der Waals surface area (Å²) in [5.41, 5.74) is 2.28. The Labute approximate surface area is 142 Å². The Hall–Kier alpha value is 0.134. The van der Waals surface area contributed by atoms with Crippen molar-refractivity contribution in [2.45, 2.75) is 103 Å². The van der Waals surface area contributed by atoms with Crippen LogP contribution in [0.2, 0.25) is 37.3 Å². The summed E-state index contributed by atoms with van der Waals surface area (Å²) in [4.78, 5) is 0. The summed E-state index contributed by atoms with van der Waals surface area (Å²) in [7, 11) is -2.35. The van der Waals surface area contributed by atoms with Gasteiger partial charge in [0.2, 0.25) is 0 Å². The van der Waals surface area contributed by atoms with Crippen LogP contribution in [0, 0.1) is 0 Å². The Balaban J connectivity index is 2.79. The average molecular weight is 340 g/mol. The highest BCUT2D eigenvalue weighted by molar-refractivity contribution is 6.82. The molecule has 0 aromatic carbocycles. The van der Waals surface area contributed by atoms with Gasteiger partial charge in [-0.1, -0.05) is 59.2 Å². The molecule has 0 heterocycles. The normalized spacial score (nSPS) is 17.9. The summed E-state index contributed by atoms with van der Waals surface area (Å²) in [6.07, 6.45) is 8.75. The summed E-state index contributed by atoms with van der Waals surface area (Å²) in [5.74, 6) is 0. The van der Waals surface area contributed by atoms with E-state index in [2.05, 4.69) is 50.7 Å². The van der Waals surface area contributed by atoms with Crippen molar-refractivity contribution in [3.63, 3.8) is 0 Å². The highest BCUT2D eigenvalue weighted by Crippen LogP contribution is 2.33. The van der Waals surface area contributed by atoms with E-state index in [0.717, 1.165) is 6.04 Å². The van der Waals surface area contributed by atoms with Gasteiger partial charge in [-0.2, -0.15) is 0 Å². The van der Waals surface area contributed by atoms with Gasteiger partial charge in [0, 0.05) is 6.04 Å². The molecule has 1 nitrogen and oxygen atoms in total. The van der Waals surface area contributed by atoms with Crippen LogP contribution in [0.25, 0.3) is 0 Å². The molecule has 0 aromatic heterocycles. The summed E-state index contributed by atoms with van der Waals surface area (Å²) in [6.45, 7) is 17.8. The molecule has 3 heteroatoms. The van der Waals surface area contributed by atoms with Crippen molar-refractivity contribution >= 4 is 16.3 Å². The molecule has 1 saturated carbocycles. The van der Waals surface area contributed by atoms with Crippen LogP contribution >= 0.6 is 0 Å². The zero-order valence-electron chi connectivity index (χ0n) is 16.1. The molecule has 0 bridgehead atoms. The van der Waals surface area contributed by atoms with E-state index in [0.29, 0.717) is 0 Å². The minimum atomic E-state index is -1.22. The Bertz CT molecular complexity index is 309. The van der Waals surface area contributed by atoms with Crippen molar-refractivity contribution in [2.24, 2.45) is 0 Å². The van der Waals surface area contributed by atoms with E-state index in [4.69, 9.17) is 0 Å². The summed E-state index contributed by atoms with van der Waals surface area (Å²) >= 11 is 0. The molecule has 1 aliphatic rings. The molecule has 0 saturated heterocycles. The highest BCUT2D eigenvalue weighted by Gasteiger charge is 2.38. The largest absolute Gasteiger partial charge is 0.321 e. The van der Waals surface area contributed by atoms with E-state index in [1.807, 2.05) is 0 Å². The van der Waals surface area contributed by atoms with Gasteiger partial charge in [0.15, 0.2) is 0 Å². The molecule has 130 valence electrons. The van der Waals surface area contributed by atoms with Crippen LogP contribution in [-0.2, 0) is 0 Å². The first-order valence-corrected chi connectivity index (χ1v) is 15.7. The molecule has 0 radical (unpaired) electrons. The highest BCUT2D eigenvalue weighted by atomic mass is 28.3. The Morgan fingerprint density at radius 3 is 2.00 bits per heavy atom. The molecule has 1 rings (SSSR count). The second-order valence-corrected chi connectivity index (χ2v) is 18.1. The van der Waals surface area contributed by atoms with Crippen LogP contribution < -0.4 is 0 Å². The lowest BCUT2D eigenvalue weighted by Gasteiger charge is -2.47. The van der Waals surface area contributed by atoms with Crippen LogP contribution in [0.15, 0.2) is 12.3 Å². The lowest BCUT2D eigenvalue weighted by Crippen LogP contribution is -2.57. The number of hydrogen-bond acceptors (Lipinski definition) is 1. The van der Waals surface area contributed by atoms with E-state index in [1.165, 1.54) is 69.2 Å². The standard InChI is InChI=1S/C19H41NSi2/c1-7-21(5,6)18-14-17-20(19-15-12-11-13-16-19)22(8-2,9-3)10-4/h7,19H,1,8-18H2,2-6H3. The van der Waals surface area contributed by atoms with Gasteiger partial charge >= 0.3 is 0 Å². The summed E-state index contributed by atoms with van der Waals surface area (Å²) in [5, 5.41) is 0. The zero-order chi connectivity index (χ0) is 16.6. The third-order valence-corrected chi connectivity index (χ3v) is 14.9. The van der Waals surface area contributed by atoms with Crippen molar-refractivity contribution in [1.82, 2.24) is 4.57 Å². The van der Waals surface area contributed by atoms with Gasteiger partial charge in [-0.05, 0) is 43.9 Å². The molecule has 0 aromatic rings. The predicted octanol–water partition coefficient (Wildman–Crippen LogP) is 6.45. The number of nitrogens with zero attached hydrogens (tertiary/aromatic N) is 1. The monoisotopic (exact) mass is 339 g/mol. The molecular formula is C19H41NSi2. The van der Waals surface area contributed by atoms with Gasteiger partial charge in [-0.3, -0.25) is 0 Å². The molecule has 0 aliphatic heterocycles. The molecule has 0 amide bonds. The van der Waals surface area contributed by atoms with Crippen molar-refractivity contribution in [3.05, 3.63) is 12.3 Å². The van der Waals surface area contributed by atoms with Crippen LogP contribution in [0.3, 0.4) is 0 Å². The van der Waals surface area contributed by atoms with Crippen LogP contribution in [0.4, 0.5) is 0 Å². The molecule has 1 fully saturated rings. The molecule has 0 atom stereocenters. The third kappa shape index (κ3) is 5.35. The predicted molar refractivity (Wildman–Crippen MR) is 108 cm³/mol. The average Bonchev–Trinajstić information content (AvgIpc) is 2.56. The second-order valence-electron chi connectivity index (χ2n) is 8.07. The molecule has 0 unspecified atom stereocenters. The quantitative estimate of drug-likeness (QED) is 0.413. The first-order chi connectivity index (χ1) is 10.4. The number of hydrogen-bond donors (Lipinski definition) is 0. The second kappa shape index (κ2) is 9.43. The lowest BCUT2D eigenvalue weighted by molar-refractivity contribution is 0.241. The fourth-order valence-electron chi connectivity index (χ4n) is 4.37. The molecular weight excluding hydrogens is 298 g/mol. The van der Waals surface area contributed by atoms with Crippen LogP contribution in [0.1, 0.15) is 59.3 Å². The molecule has 22 heavy (non-hydrogen) atoms. The molecule has 1 aliphatic carbocycles. The summed E-state index contributed by atoms with van der Waals surface area (Å²) in [6, 6.07) is 6.66. The van der Waals surface area contributed by atoms with Crippen molar-refractivity contribution in [3.8, 4) is 0 Å². The van der Waals surface area contributed by atoms with E-state index < -0.39 is 16.3 Å². The van der Waals surface area contributed by atoms with Crippen LogP contribution in [-0.4, -0.2) is 33.5 Å². The number of rotatable bonds is 10. The first kappa shape index (κ1) is 20.2.